The third-order valence-corrected chi connectivity index (χ3v) is 4.18. The fourth-order valence-corrected chi connectivity index (χ4v) is 2.85. The van der Waals surface area contributed by atoms with Gasteiger partial charge in [-0.15, -0.1) is 5.10 Å². The summed E-state index contributed by atoms with van der Waals surface area (Å²) in [6, 6.07) is 9.22. The third-order valence-electron chi connectivity index (χ3n) is 4.18. The zero-order chi connectivity index (χ0) is 18.8. The number of aromatic nitrogens is 7. The number of fused-ring (bicyclic) bond motifs is 1. The lowest BCUT2D eigenvalue weighted by atomic mass is 10.1. The maximum Gasteiger partial charge on any atom is 0.271 e. The van der Waals surface area contributed by atoms with Crippen LogP contribution in [0.2, 0.25) is 0 Å². The molecule has 10 heteroatoms. The van der Waals surface area contributed by atoms with Gasteiger partial charge in [0.25, 0.3) is 5.91 Å². The minimum Gasteiger partial charge on any atom is -0.494 e. The molecule has 0 aliphatic rings. The molecule has 3 heterocycles. The Bertz CT molecular complexity index is 1090. The maximum absolute atomic E-state index is 12.7. The van der Waals surface area contributed by atoms with Crippen LogP contribution in [0.25, 0.3) is 16.7 Å². The van der Waals surface area contributed by atoms with Crippen LogP contribution in [0.4, 0.5) is 0 Å². The van der Waals surface area contributed by atoms with Crippen LogP contribution in [-0.2, 0) is 6.54 Å². The minimum absolute atomic E-state index is 0.199. The van der Waals surface area contributed by atoms with Gasteiger partial charge in [0.1, 0.15) is 23.3 Å². The first kappa shape index (κ1) is 16.6. The average Bonchev–Trinajstić information content (AvgIpc) is 3.39. The van der Waals surface area contributed by atoms with Crippen LogP contribution in [0.3, 0.4) is 0 Å². The molecule has 0 saturated carbocycles. The predicted octanol–water partition coefficient (Wildman–Crippen LogP) is 1.21. The van der Waals surface area contributed by atoms with Crippen LogP contribution in [-0.4, -0.2) is 60.4 Å². The number of hydrogen-bond acceptors (Lipinski definition) is 7. The number of hydrogen-bond donors (Lipinski definition) is 1. The Hall–Kier alpha value is -3.82. The molecule has 0 unspecified atom stereocenters. The van der Waals surface area contributed by atoms with E-state index in [-0.39, 0.29) is 5.91 Å². The van der Waals surface area contributed by atoms with Crippen molar-refractivity contribution in [1.82, 2.24) is 40.3 Å². The second-order valence-corrected chi connectivity index (χ2v) is 5.88. The zero-order valence-electron chi connectivity index (χ0n) is 14.7. The zero-order valence-corrected chi connectivity index (χ0v) is 14.7. The summed E-state index contributed by atoms with van der Waals surface area (Å²) < 4.78 is 6.74. The first-order valence-electron chi connectivity index (χ1n) is 8.12. The third kappa shape index (κ3) is 3.08. The highest BCUT2D eigenvalue weighted by molar-refractivity contribution is 5.93. The largest absolute Gasteiger partial charge is 0.494 e. The molecule has 0 spiro atoms. The standard InChI is InChI=1S/C17H16N8O2/c1-24(17(26)13-8-15(21-20-13)25-10-19-22-23-25)9-11-5-6-14(27-2)16-12(11)4-3-7-18-16/h3-8,10H,9H2,1-2H3,(H,20,21). The van der Waals surface area contributed by atoms with E-state index in [1.807, 2.05) is 24.3 Å². The molecule has 3 aromatic heterocycles. The highest BCUT2D eigenvalue weighted by Crippen LogP contribution is 2.27. The van der Waals surface area contributed by atoms with E-state index in [1.54, 1.807) is 31.3 Å². The minimum atomic E-state index is -0.199. The van der Waals surface area contributed by atoms with Gasteiger partial charge in [-0.3, -0.25) is 14.9 Å². The number of methoxy groups -OCH3 is 1. The molecular formula is C17H16N8O2. The second-order valence-electron chi connectivity index (χ2n) is 5.88. The fraction of sp³-hybridized carbons (Fsp3) is 0.176. The van der Waals surface area contributed by atoms with Gasteiger partial charge in [-0.25, -0.2) is 0 Å². The van der Waals surface area contributed by atoms with Crippen LogP contribution < -0.4 is 4.74 Å². The molecule has 0 aliphatic heterocycles. The first-order valence-corrected chi connectivity index (χ1v) is 8.12. The number of aromatic amines is 1. The molecule has 136 valence electrons. The van der Waals surface area contributed by atoms with Crippen molar-refractivity contribution in [3.05, 3.63) is 54.1 Å². The van der Waals surface area contributed by atoms with E-state index in [1.165, 1.54) is 11.0 Å². The number of nitrogens with one attached hydrogen (secondary N) is 1. The molecule has 0 saturated heterocycles. The quantitative estimate of drug-likeness (QED) is 0.566. The van der Waals surface area contributed by atoms with E-state index in [4.69, 9.17) is 4.74 Å². The van der Waals surface area contributed by atoms with E-state index in [0.29, 0.717) is 23.8 Å². The van der Waals surface area contributed by atoms with Gasteiger partial charge in [0.15, 0.2) is 5.82 Å². The number of amides is 1. The molecule has 0 radical (unpaired) electrons. The summed E-state index contributed by atoms with van der Waals surface area (Å²) in [4.78, 5) is 18.7. The summed E-state index contributed by atoms with van der Waals surface area (Å²) in [6.45, 7) is 0.407. The number of nitrogens with zero attached hydrogens (tertiary/aromatic N) is 7. The van der Waals surface area contributed by atoms with Crippen molar-refractivity contribution >= 4 is 16.8 Å². The highest BCUT2D eigenvalue weighted by atomic mass is 16.5. The van der Waals surface area contributed by atoms with Crippen molar-refractivity contribution in [3.8, 4) is 11.6 Å². The van der Waals surface area contributed by atoms with Gasteiger partial charge in [0.2, 0.25) is 0 Å². The summed E-state index contributed by atoms with van der Waals surface area (Å²) in [7, 11) is 3.34. The molecule has 1 amide bonds. The van der Waals surface area contributed by atoms with Crippen molar-refractivity contribution in [3.63, 3.8) is 0 Å². The normalized spacial score (nSPS) is 10.9. The Kier molecular flexibility index (Phi) is 4.21. The van der Waals surface area contributed by atoms with Gasteiger partial charge in [0, 0.05) is 31.2 Å². The molecule has 10 nitrogen and oxygen atoms in total. The van der Waals surface area contributed by atoms with E-state index in [0.717, 1.165) is 16.5 Å². The van der Waals surface area contributed by atoms with Gasteiger partial charge >= 0.3 is 0 Å². The van der Waals surface area contributed by atoms with E-state index in [9.17, 15) is 4.79 Å². The molecule has 1 N–H and O–H groups in total. The number of pyridine rings is 1. The van der Waals surface area contributed by atoms with Gasteiger partial charge in [0.05, 0.1) is 7.11 Å². The molecule has 0 fully saturated rings. The van der Waals surface area contributed by atoms with Gasteiger partial charge < -0.3 is 9.64 Å². The smallest absolute Gasteiger partial charge is 0.271 e. The molecule has 4 rings (SSSR count). The summed E-state index contributed by atoms with van der Waals surface area (Å²) in [6.07, 6.45) is 3.12. The predicted molar refractivity (Wildman–Crippen MR) is 95.4 cm³/mol. The maximum atomic E-state index is 12.7. The van der Waals surface area contributed by atoms with Crippen molar-refractivity contribution < 1.29 is 9.53 Å². The summed E-state index contributed by atoms with van der Waals surface area (Å²) >= 11 is 0. The molecule has 0 aliphatic carbocycles. The number of rotatable bonds is 5. The van der Waals surface area contributed by atoms with Crippen LogP contribution in [0.5, 0.6) is 5.75 Å². The monoisotopic (exact) mass is 364 g/mol. The highest BCUT2D eigenvalue weighted by Gasteiger charge is 2.17. The molecular weight excluding hydrogens is 348 g/mol. The Morgan fingerprint density at radius 3 is 3.00 bits per heavy atom. The summed E-state index contributed by atoms with van der Waals surface area (Å²) in [5.74, 6) is 0.938. The van der Waals surface area contributed by atoms with Gasteiger partial charge in [-0.1, -0.05) is 12.1 Å². The lowest BCUT2D eigenvalue weighted by Gasteiger charge is -2.18. The van der Waals surface area contributed by atoms with Crippen LogP contribution >= 0.6 is 0 Å². The van der Waals surface area contributed by atoms with Gasteiger partial charge in [-0.05, 0) is 28.1 Å². The molecule has 0 bridgehead atoms. The first-order chi connectivity index (χ1) is 13.2. The topological polar surface area (TPSA) is 115 Å². The number of ether oxygens (including phenoxy) is 1. The number of carbonyl (C=O) groups excluding carboxylic acids is 1. The fourth-order valence-electron chi connectivity index (χ4n) is 2.85. The number of benzene rings is 1. The average molecular weight is 364 g/mol. The Balaban J connectivity index is 1.58. The van der Waals surface area contributed by atoms with Crippen LogP contribution in [0.1, 0.15) is 16.1 Å². The molecule has 0 atom stereocenters. The Labute approximate surface area is 153 Å². The summed E-state index contributed by atoms with van der Waals surface area (Å²) in [5.41, 5.74) is 2.08. The molecule has 4 aromatic rings. The number of carbonyl (C=O) groups is 1. The second kappa shape index (κ2) is 6.83. The summed E-state index contributed by atoms with van der Waals surface area (Å²) in [5, 5.41) is 18.6. The van der Waals surface area contributed by atoms with Gasteiger partial charge in [-0.2, -0.15) is 9.78 Å². The Morgan fingerprint density at radius 2 is 2.22 bits per heavy atom. The SMILES string of the molecule is COc1ccc(CN(C)C(=O)c2cc(-n3cnnn3)n[nH]2)c2cccnc12. The molecule has 27 heavy (non-hydrogen) atoms. The number of H-pyrrole nitrogens is 1. The number of tetrazole rings is 1. The van der Waals surface area contributed by atoms with Crippen molar-refractivity contribution in [2.24, 2.45) is 0 Å². The lowest BCUT2D eigenvalue weighted by Crippen LogP contribution is -2.26. The van der Waals surface area contributed by atoms with Crippen LogP contribution in [0.15, 0.2) is 42.9 Å². The Morgan fingerprint density at radius 1 is 1.33 bits per heavy atom. The lowest BCUT2D eigenvalue weighted by molar-refractivity contribution is 0.0780. The van der Waals surface area contributed by atoms with Crippen molar-refractivity contribution in [2.45, 2.75) is 6.54 Å². The van der Waals surface area contributed by atoms with Crippen molar-refractivity contribution in [1.29, 1.82) is 0 Å². The van der Waals surface area contributed by atoms with E-state index < -0.39 is 0 Å². The molecule has 1 aromatic carbocycles. The van der Waals surface area contributed by atoms with Crippen molar-refractivity contribution in [2.75, 3.05) is 14.2 Å². The van der Waals surface area contributed by atoms with Crippen LogP contribution in [0, 0.1) is 0 Å². The van der Waals surface area contributed by atoms with E-state index >= 15 is 0 Å². The van der Waals surface area contributed by atoms with E-state index in [2.05, 4.69) is 30.7 Å².